The molecular weight excluding hydrogens is 320 g/mol. The van der Waals surface area contributed by atoms with Gasteiger partial charge in [-0.2, -0.15) is 0 Å². The number of carbonyl (C=O) groups is 1. The van der Waals surface area contributed by atoms with E-state index in [2.05, 4.69) is 38.1 Å². The van der Waals surface area contributed by atoms with Crippen molar-refractivity contribution in [3.63, 3.8) is 0 Å². The highest BCUT2D eigenvalue weighted by atomic mass is 16.4. The van der Waals surface area contributed by atoms with Crippen LogP contribution in [0.2, 0.25) is 0 Å². The lowest BCUT2D eigenvalue weighted by Crippen LogP contribution is -2.39. The number of hydrogen-bond acceptors (Lipinski definition) is 1. The average Bonchev–Trinajstić information content (AvgIpc) is 2.67. The summed E-state index contributed by atoms with van der Waals surface area (Å²) >= 11 is 0. The summed E-state index contributed by atoms with van der Waals surface area (Å²) in [7, 11) is 0. The topological polar surface area (TPSA) is 37.3 Å². The lowest BCUT2D eigenvalue weighted by Gasteiger charge is -2.36. The molecule has 2 aliphatic rings. The highest BCUT2D eigenvalue weighted by Crippen LogP contribution is 2.43. The quantitative estimate of drug-likeness (QED) is 0.617. The van der Waals surface area contributed by atoms with Gasteiger partial charge in [0.1, 0.15) is 0 Å². The normalized spacial score (nSPS) is 32.3. The molecule has 0 aromatic heterocycles. The van der Waals surface area contributed by atoms with Crippen molar-refractivity contribution in [2.45, 2.75) is 95.8 Å². The summed E-state index contributed by atoms with van der Waals surface area (Å²) in [4.78, 5) is 12.1. The van der Waals surface area contributed by atoms with Crippen LogP contribution in [0.5, 0.6) is 0 Å². The predicted octanol–water partition coefficient (Wildman–Crippen LogP) is 6.68. The van der Waals surface area contributed by atoms with Crippen molar-refractivity contribution in [1.29, 1.82) is 0 Å². The highest BCUT2D eigenvalue weighted by Gasteiger charge is 2.42. The van der Waals surface area contributed by atoms with Crippen LogP contribution in [-0.4, -0.2) is 11.1 Å². The van der Waals surface area contributed by atoms with E-state index in [0.29, 0.717) is 11.8 Å². The Kier molecular flexibility index (Phi) is 6.42. The summed E-state index contributed by atoms with van der Waals surface area (Å²) in [5, 5.41) is 9.95. The van der Waals surface area contributed by atoms with Gasteiger partial charge in [0.25, 0.3) is 0 Å². The van der Waals surface area contributed by atoms with Gasteiger partial charge in [0.2, 0.25) is 0 Å². The molecule has 2 saturated carbocycles. The van der Waals surface area contributed by atoms with E-state index < -0.39 is 11.4 Å². The van der Waals surface area contributed by atoms with Crippen LogP contribution in [0.3, 0.4) is 0 Å². The molecule has 2 heteroatoms. The molecule has 2 nitrogen and oxygen atoms in total. The molecule has 1 N–H and O–H groups in total. The Morgan fingerprint density at radius 3 is 2.19 bits per heavy atom. The van der Waals surface area contributed by atoms with Crippen molar-refractivity contribution < 1.29 is 9.90 Å². The second kappa shape index (κ2) is 8.59. The zero-order chi connectivity index (χ0) is 18.6. The average molecular weight is 357 g/mol. The third-order valence-electron chi connectivity index (χ3n) is 7.28. The summed E-state index contributed by atoms with van der Waals surface area (Å²) in [5.74, 6) is 1.64. The molecule has 0 spiro atoms. The van der Waals surface area contributed by atoms with E-state index in [4.69, 9.17) is 0 Å². The van der Waals surface area contributed by atoms with Crippen molar-refractivity contribution in [1.82, 2.24) is 0 Å². The number of carboxylic acids is 1. The van der Waals surface area contributed by atoms with Crippen LogP contribution in [0, 0.1) is 11.8 Å². The molecule has 2 fully saturated rings. The number of hydrogen-bond donors (Lipinski definition) is 1. The number of aliphatic carboxylic acids is 1. The first-order valence-electron chi connectivity index (χ1n) is 10.9. The highest BCUT2D eigenvalue weighted by molar-refractivity contribution is 5.81. The van der Waals surface area contributed by atoms with E-state index in [0.717, 1.165) is 37.2 Å². The van der Waals surface area contributed by atoms with Gasteiger partial charge in [0.05, 0.1) is 5.41 Å². The first-order valence-corrected chi connectivity index (χ1v) is 10.9. The van der Waals surface area contributed by atoms with Gasteiger partial charge in [0, 0.05) is 0 Å². The lowest BCUT2D eigenvalue weighted by molar-refractivity contribution is -0.145. The van der Waals surface area contributed by atoms with Gasteiger partial charge in [-0.25, -0.2) is 0 Å². The van der Waals surface area contributed by atoms with E-state index >= 15 is 0 Å². The minimum atomic E-state index is -0.650. The van der Waals surface area contributed by atoms with Crippen LogP contribution in [0.4, 0.5) is 0 Å². The molecule has 0 unspecified atom stereocenters. The van der Waals surface area contributed by atoms with Crippen molar-refractivity contribution in [3.8, 4) is 0 Å². The van der Waals surface area contributed by atoms with Gasteiger partial charge in [0.15, 0.2) is 0 Å². The Hall–Kier alpha value is -1.31. The summed E-state index contributed by atoms with van der Waals surface area (Å²) in [6.45, 7) is 4.52. The fourth-order valence-electron chi connectivity index (χ4n) is 5.23. The Bertz CT molecular complexity index is 573. The zero-order valence-corrected chi connectivity index (χ0v) is 16.7. The summed E-state index contributed by atoms with van der Waals surface area (Å²) in [6, 6.07) is 8.72. The minimum absolute atomic E-state index is 0.631. The summed E-state index contributed by atoms with van der Waals surface area (Å²) < 4.78 is 0. The lowest BCUT2D eigenvalue weighted by atomic mass is 9.66. The molecule has 0 bridgehead atoms. The Labute approximate surface area is 159 Å². The first kappa shape index (κ1) is 19.5. The van der Waals surface area contributed by atoms with Crippen molar-refractivity contribution >= 4 is 5.97 Å². The third kappa shape index (κ3) is 4.15. The summed E-state index contributed by atoms with van der Waals surface area (Å²) in [5.41, 5.74) is 1.80. The number of benzene rings is 1. The Morgan fingerprint density at radius 2 is 1.65 bits per heavy atom. The standard InChI is InChI=1S/C24H36O2/c1-3-4-5-19-6-8-20(9-7-19)21-10-12-22(13-11-21)24(23(25)26)16-14-18(2)15-17-24/h10-13,18-20H,3-9,14-17H2,1-2H3,(H,25,26). The van der Waals surface area contributed by atoms with Crippen LogP contribution >= 0.6 is 0 Å². The van der Waals surface area contributed by atoms with Crippen molar-refractivity contribution in [2.24, 2.45) is 11.8 Å². The van der Waals surface area contributed by atoms with Crippen LogP contribution < -0.4 is 0 Å². The zero-order valence-electron chi connectivity index (χ0n) is 16.7. The van der Waals surface area contributed by atoms with Gasteiger partial charge in [-0.05, 0) is 80.2 Å². The molecule has 0 radical (unpaired) electrons. The smallest absolute Gasteiger partial charge is 0.314 e. The third-order valence-corrected chi connectivity index (χ3v) is 7.28. The van der Waals surface area contributed by atoms with E-state index in [-0.39, 0.29) is 0 Å². The number of rotatable bonds is 6. The summed E-state index contributed by atoms with van der Waals surface area (Å²) in [6.07, 6.45) is 13.0. The van der Waals surface area contributed by atoms with E-state index in [1.54, 1.807) is 0 Å². The van der Waals surface area contributed by atoms with E-state index in [1.807, 2.05) is 0 Å². The fraction of sp³-hybridized carbons (Fsp3) is 0.708. The Balaban J connectivity index is 1.66. The van der Waals surface area contributed by atoms with Gasteiger partial charge >= 0.3 is 5.97 Å². The molecule has 0 amide bonds. The van der Waals surface area contributed by atoms with Crippen LogP contribution in [0.15, 0.2) is 24.3 Å². The molecule has 0 atom stereocenters. The van der Waals surface area contributed by atoms with Crippen LogP contribution in [-0.2, 0) is 10.2 Å². The monoisotopic (exact) mass is 356 g/mol. The molecule has 1 aromatic rings. The van der Waals surface area contributed by atoms with Gasteiger partial charge < -0.3 is 5.11 Å². The van der Waals surface area contributed by atoms with Crippen molar-refractivity contribution in [3.05, 3.63) is 35.4 Å². The van der Waals surface area contributed by atoms with Gasteiger partial charge in [-0.15, -0.1) is 0 Å². The van der Waals surface area contributed by atoms with E-state index in [1.165, 1.54) is 50.5 Å². The van der Waals surface area contributed by atoms with Gasteiger partial charge in [-0.1, -0.05) is 57.4 Å². The molecular formula is C24H36O2. The molecule has 0 heterocycles. The fourth-order valence-corrected chi connectivity index (χ4v) is 5.23. The first-order chi connectivity index (χ1) is 12.5. The minimum Gasteiger partial charge on any atom is -0.481 e. The molecule has 2 aliphatic carbocycles. The maximum Gasteiger partial charge on any atom is 0.314 e. The number of unbranched alkanes of at least 4 members (excludes halogenated alkanes) is 1. The number of carboxylic acid groups (broad SMARTS) is 1. The molecule has 1 aromatic carbocycles. The maximum absolute atomic E-state index is 12.1. The van der Waals surface area contributed by atoms with E-state index in [9.17, 15) is 9.90 Å². The molecule has 3 rings (SSSR count). The SMILES string of the molecule is CCCCC1CCC(c2ccc(C3(C(=O)O)CCC(C)CC3)cc2)CC1. The van der Waals surface area contributed by atoms with Crippen LogP contribution in [0.1, 0.15) is 102 Å². The van der Waals surface area contributed by atoms with Gasteiger partial charge in [-0.3, -0.25) is 4.79 Å². The maximum atomic E-state index is 12.1. The second-order valence-corrected chi connectivity index (χ2v) is 9.05. The molecule has 0 aliphatic heterocycles. The Morgan fingerprint density at radius 1 is 1.04 bits per heavy atom. The molecule has 0 saturated heterocycles. The van der Waals surface area contributed by atoms with Crippen LogP contribution in [0.25, 0.3) is 0 Å². The molecule has 26 heavy (non-hydrogen) atoms. The second-order valence-electron chi connectivity index (χ2n) is 9.05. The largest absolute Gasteiger partial charge is 0.481 e. The molecule has 144 valence electrons. The van der Waals surface area contributed by atoms with Crippen molar-refractivity contribution in [2.75, 3.05) is 0 Å². The predicted molar refractivity (Wildman–Crippen MR) is 108 cm³/mol.